The summed E-state index contributed by atoms with van der Waals surface area (Å²) in [6.45, 7) is 5.04. The van der Waals surface area contributed by atoms with Crippen LogP contribution in [0.2, 0.25) is 5.02 Å². The second-order valence-corrected chi connectivity index (χ2v) is 5.60. The highest BCUT2D eigenvalue weighted by Crippen LogP contribution is 2.31. The van der Waals surface area contributed by atoms with Gasteiger partial charge in [-0.3, -0.25) is 0 Å². The van der Waals surface area contributed by atoms with E-state index in [1.807, 2.05) is 49.4 Å². The topological polar surface area (TPSA) is 39.7 Å². The number of para-hydroxylation sites is 1. The summed E-state index contributed by atoms with van der Waals surface area (Å²) in [5, 5.41) is 4.17. The molecular weight excluding hydrogens is 326 g/mol. The van der Waals surface area contributed by atoms with E-state index in [1.165, 1.54) is 0 Å². The first-order valence-electron chi connectivity index (χ1n) is 8.06. The van der Waals surface area contributed by atoms with Gasteiger partial charge in [0, 0.05) is 30.3 Å². The Morgan fingerprint density at radius 2 is 1.71 bits per heavy atom. The highest BCUT2D eigenvalue weighted by molar-refractivity contribution is 6.31. The molecule has 0 atom stereocenters. The summed E-state index contributed by atoms with van der Waals surface area (Å²) in [5.74, 6) is 1.48. The van der Waals surface area contributed by atoms with Crippen LogP contribution in [0.1, 0.15) is 18.1 Å². The lowest BCUT2D eigenvalue weighted by Crippen LogP contribution is -2.15. The van der Waals surface area contributed by atoms with Gasteiger partial charge in [-0.25, -0.2) is 0 Å². The average molecular weight is 350 g/mol. The maximum atomic E-state index is 6.18. The molecule has 2 aromatic carbocycles. The summed E-state index contributed by atoms with van der Waals surface area (Å²) in [7, 11) is 1.64. The first-order valence-corrected chi connectivity index (χ1v) is 8.44. The van der Waals surface area contributed by atoms with E-state index in [9.17, 15) is 0 Å². The fraction of sp³-hybridized carbons (Fsp3) is 0.368. The number of benzene rings is 2. The number of hydrogen-bond donors (Lipinski definition) is 1. The minimum absolute atomic E-state index is 0.492. The number of halogens is 1. The molecular formula is C19H24ClNO3. The van der Waals surface area contributed by atoms with Gasteiger partial charge in [0.1, 0.15) is 6.61 Å². The van der Waals surface area contributed by atoms with Crippen LogP contribution in [0.15, 0.2) is 42.5 Å². The molecule has 0 saturated heterocycles. The third-order valence-electron chi connectivity index (χ3n) is 3.55. The molecule has 0 spiro atoms. The number of hydrogen-bond acceptors (Lipinski definition) is 4. The fourth-order valence-electron chi connectivity index (χ4n) is 2.35. The van der Waals surface area contributed by atoms with E-state index in [-0.39, 0.29) is 0 Å². The molecule has 0 aliphatic heterocycles. The molecule has 0 bridgehead atoms. The van der Waals surface area contributed by atoms with Crippen molar-refractivity contribution >= 4 is 11.6 Å². The monoisotopic (exact) mass is 349 g/mol. The Balaban J connectivity index is 1.99. The quantitative estimate of drug-likeness (QED) is 0.657. The van der Waals surface area contributed by atoms with E-state index in [0.717, 1.165) is 27.6 Å². The first-order chi connectivity index (χ1) is 11.8. The molecule has 2 aromatic rings. The number of ether oxygens (including phenoxy) is 3. The van der Waals surface area contributed by atoms with Crippen LogP contribution in [0.4, 0.5) is 0 Å². The normalized spacial score (nSPS) is 10.6. The van der Waals surface area contributed by atoms with Gasteiger partial charge in [-0.2, -0.15) is 0 Å². The van der Waals surface area contributed by atoms with Crippen LogP contribution < -0.4 is 14.8 Å². The lowest BCUT2D eigenvalue weighted by molar-refractivity contribution is 0.108. The molecule has 0 fully saturated rings. The predicted molar refractivity (Wildman–Crippen MR) is 97.0 cm³/mol. The molecule has 4 nitrogen and oxygen atoms in total. The summed E-state index contributed by atoms with van der Waals surface area (Å²) >= 11 is 6.18. The Kier molecular flexibility index (Phi) is 7.89. The third-order valence-corrected chi connectivity index (χ3v) is 3.92. The third kappa shape index (κ3) is 5.41. The van der Waals surface area contributed by atoms with Crippen molar-refractivity contribution < 1.29 is 14.2 Å². The summed E-state index contributed by atoms with van der Waals surface area (Å²) in [6, 6.07) is 13.7. The van der Waals surface area contributed by atoms with Crippen LogP contribution in [0.25, 0.3) is 0 Å². The summed E-state index contributed by atoms with van der Waals surface area (Å²) in [4.78, 5) is 0. The Hall–Kier alpha value is -1.75. The maximum absolute atomic E-state index is 6.18. The first kappa shape index (κ1) is 18.6. The van der Waals surface area contributed by atoms with E-state index >= 15 is 0 Å². The number of methoxy groups -OCH3 is 1. The van der Waals surface area contributed by atoms with Crippen LogP contribution in [0.5, 0.6) is 11.5 Å². The van der Waals surface area contributed by atoms with Gasteiger partial charge >= 0.3 is 0 Å². The second kappa shape index (κ2) is 10.2. The Bertz CT molecular complexity index is 634. The summed E-state index contributed by atoms with van der Waals surface area (Å²) in [6.07, 6.45) is 0. The van der Waals surface area contributed by atoms with Gasteiger partial charge in [-0.1, -0.05) is 41.9 Å². The highest BCUT2D eigenvalue weighted by Gasteiger charge is 2.10. The fourth-order valence-corrected chi connectivity index (χ4v) is 2.55. The molecule has 0 heterocycles. The molecule has 0 amide bonds. The second-order valence-electron chi connectivity index (χ2n) is 5.19. The van der Waals surface area contributed by atoms with Crippen LogP contribution >= 0.6 is 11.6 Å². The molecule has 0 unspecified atom stereocenters. The van der Waals surface area contributed by atoms with Gasteiger partial charge in [0.05, 0.1) is 13.7 Å². The van der Waals surface area contributed by atoms with Gasteiger partial charge in [-0.15, -0.1) is 0 Å². The van der Waals surface area contributed by atoms with E-state index in [0.29, 0.717) is 32.9 Å². The molecule has 0 saturated carbocycles. The number of nitrogens with one attached hydrogen (secondary N) is 1. The molecule has 5 heteroatoms. The molecule has 24 heavy (non-hydrogen) atoms. The van der Waals surface area contributed by atoms with Crippen molar-refractivity contribution in [2.24, 2.45) is 0 Å². The van der Waals surface area contributed by atoms with Gasteiger partial charge < -0.3 is 19.5 Å². The van der Waals surface area contributed by atoms with Crippen LogP contribution in [0, 0.1) is 0 Å². The van der Waals surface area contributed by atoms with Crippen molar-refractivity contribution in [3.05, 3.63) is 58.6 Å². The molecule has 0 aromatic heterocycles. The van der Waals surface area contributed by atoms with Crippen molar-refractivity contribution in [1.29, 1.82) is 0 Å². The largest absolute Gasteiger partial charge is 0.493 e. The van der Waals surface area contributed by atoms with Crippen molar-refractivity contribution in [1.82, 2.24) is 5.32 Å². The average Bonchev–Trinajstić information content (AvgIpc) is 2.61. The molecule has 0 aliphatic rings. The van der Waals surface area contributed by atoms with Gasteiger partial charge in [0.2, 0.25) is 0 Å². The van der Waals surface area contributed by atoms with Crippen molar-refractivity contribution in [3.8, 4) is 11.5 Å². The summed E-state index contributed by atoms with van der Waals surface area (Å²) < 4.78 is 16.6. The Morgan fingerprint density at radius 1 is 0.958 bits per heavy atom. The van der Waals surface area contributed by atoms with E-state index in [2.05, 4.69) is 5.32 Å². The molecule has 130 valence electrons. The van der Waals surface area contributed by atoms with E-state index in [4.69, 9.17) is 25.8 Å². The van der Waals surface area contributed by atoms with Gasteiger partial charge in [-0.05, 0) is 24.6 Å². The SMILES string of the molecule is CCOCCOc1c(CNCc2ccccc2Cl)cccc1OC. The minimum Gasteiger partial charge on any atom is -0.493 e. The standard InChI is InChI=1S/C19H24ClNO3/c1-3-23-11-12-24-19-16(8-6-10-18(19)22-2)14-21-13-15-7-4-5-9-17(15)20/h4-10,21H,3,11-14H2,1-2H3. The number of rotatable bonds is 10. The Morgan fingerprint density at radius 3 is 2.46 bits per heavy atom. The predicted octanol–water partition coefficient (Wildman–Crippen LogP) is 4.05. The lowest BCUT2D eigenvalue weighted by Gasteiger charge is -2.16. The van der Waals surface area contributed by atoms with Crippen LogP contribution in [-0.2, 0) is 17.8 Å². The maximum Gasteiger partial charge on any atom is 0.165 e. The van der Waals surface area contributed by atoms with Crippen LogP contribution in [-0.4, -0.2) is 26.9 Å². The van der Waals surface area contributed by atoms with Crippen molar-refractivity contribution in [2.45, 2.75) is 20.0 Å². The molecule has 1 N–H and O–H groups in total. The molecule has 0 radical (unpaired) electrons. The minimum atomic E-state index is 0.492. The summed E-state index contributed by atoms with van der Waals surface area (Å²) in [5.41, 5.74) is 2.11. The molecule has 2 rings (SSSR count). The van der Waals surface area contributed by atoms with E-state index < -0.39 is 0 Å². The van der Waals surface area contributed by atoms with E-state index in [1.54, 1.807) is 7.11 Å². The van der Waals surface area contributed by atoms with Gasteiger partial charge in [0.15, 0.2) is 11.5 Å². The Labute approximate surface area is 148 Å². The zero-order valence-corrected chi connectivity index (χ0v) is 14.9. The smallest absolute Gasteiger partial charge is 0.165 e. The zero-order valence-electron chi connectivity index (χ0n) is 14.2. The van der Waals surface area contributed by atoms with Crippen molar-refractivity contribution in [2.75, 3.05) is 26.9 Å². The van der Waals surface area contributed by atoms with Gasteiger partial charge in [0.25, 0.3) is 0 Å². The highest BCUT2D eigenvalue weighted by atomic mass is 35.5. The van der Waals surface area contributed by atoms with Crippen LogP contribution in [0.3, 0.4) is 0 Å². The lowest BCUT2D eigenvalue weighted by atomic mass is 10.1. The van der Waals surface area contributed by atoms with Crippen molar-refractivity contribution in [3.63, 3.8) is 0 Å². The zero-order chi connectivity index (χ0) is 17.2. The molecule has 0 aliphatic carbocycles.